The highest BCUT2D eigenvalue weighted by molar-refractivity contribution is 7.10. The summed E-state index contributed by atoms with van der Waals surface area (Å²) in [5.41, 5.74) is -0.0900. The molecule has 2 aromatic heterocycles. The molecule has 5 rings (SSSR count). The Balaban J connectivity index is 1.75. The van der Waals surface area contributed by atoms with Gasteiger partial charge in [0.1, 0.15) is 22.8 Å². The number of amides is 1. The summed E-state index contributed by atoms with van der Waals surface area (Å²) in [4.78, 5) is 28.1. The molecule has 4 atom stereocenters. The summed E-state index contributed by atoms with van der Waals surface area (Å²) in [6.45, 7) is 5.52. The van der Waals surface area contributed by atoms with E-state index in [1.54, 1.807) is 23.7 Å². The summed E-state index contributed by atoms with van der Waals surface area (Å²) >= 11 is 1.56. The Labute approximate surface area is 184 Å². The van der Waals surface area contributed by atoms with E-state index in [-0.39, 0.29) is 5.91 Å². The quantitative estimate of drug-likeness (QED) is 0.596. The number of ether oxygens (including phenoxy) is 1. The molecule has 1 fully saturated rings. The van der Waals surface area contributed by atoms with Gasteiger partial charge in [0.05, 0.1) is 18.2 Å². The Hall–Kier alpha value is -2.90. The number of rotatable bonds is 3. The number of fused-ring (bicyclic) bond motifs is 2. The van der Waals surface area contributed by atoms with Crippen molar-refractivity contribution >= 4 is 28.9 Å². The molecule has 3 aromatic rings. The number of benzene rings is 1. The number of para-hydroxylation sites is 1. The Morgan fingerprint density at radius 1 is 1.13 bits per heavy atom. The van der Waals surface area contributed by atoms with Gasteiger partial charge in [-0.25, -0.2) is 0 Å². The molecule has 0 bridgehead atoms. The van der Waals surface area contributed by atoms with E-state index in [1.165, 1.54) is 0 Å². The first kappa shape index (κ1) is 20.0. The molecule has 31 heavy (non-hydrogen) atoms. The number of anilines is 1. The van der Waals surface area contributed by atoms with Gasteiger partial charge in [-0.3, -0.25) is 14.9 Å². The van der Waals surface area contributed by atoms with Gasteiger partial charge in [-0.05, 0) is 56.0 Å². The minimum Gasteiger partial charge on any atom is -0.469 e. The molecule has 0 saturated carbocycles. The average molecular weight is 437 g/mol. The highest BCUT2D eigenvalue weighted by Crippen LogP contribution is 2.59. The van der Waals surface area contributed by atoms with Crippen molar-refractivity contribution in [1.82, 2.24) is 5.32 Å². The fraction of sp³-hybridized carbons (Fsp3) is 0.333. The number of nitrogens with one attached hydrogen (secondary N) is 2. The van der Waals surface area contributed by atoms with Crippen molar-refractivity contribution in [3.63, 3.8) is 0 Å². The molecular formula is C24H24N2O4S. The van der Waals surface area contributed by atoms with Gasteiger partial charge >= 0.3 is 5.97 Å². The number of carbonyl (C=O) groups is 2. The molecular weight excluding hydrogens is 412 g/mol. The lowest BCUT2D eigenvalue weighted by molar-refractivity contribution is -0.157. The van der Waals surface area contributed by atoms with Crippen LogP contribution in [0.4, 0.5) is 5.69 Å². The van der Waals surface area contributed by atoms with Crippen LogP contribution < -0.4 is 10.6 Å². The molecule has 6 nitrogen and oxygen atoms in total. The van der Waals surface area contributed by atoms with Gasteiger partial charge in [-0.15, -0.1) is 11.3 Å². The molecule has 1 aromatic carbocycles. The SMILES string of the molecule is CC(C)(C)OC(=O)[C@H]1N[C@H](c2cccs2)[C@]2(C(=O)Nc3ccccc32)[C@@H]1c1ccco1. The summed E-state index contributed by atoms with van der Waals surface area (Å²) in [7, 11) is 0. The first-order valence-electron chi connectivity index (χ1n) is 10.3. The predicted octanol–water partition coefficient (Wildman–Crippen LogP) is 4.37. The van der Waals surface area contributed by atoms with E-state index >= 15 is 0 Å². The largest absolute Gasteiger partial charge is 0.469 e. The van der Waals surface area contributed by atoms with E-state index in [2.05, 4.69) is 10.6 Å². The molecule has 160 valence electrons. The Bertz CT molecular complexity index is 1120. The summed E-state index contributed by atoms with van der Waals surface area (Å²) in [5, 5.41) is 8.51. The van der Waals surface area contributed by atoms with E-state index in [0.717, 1.165) is 16.1 Å². The van der Waals surface area contributed by atoms with E-state index in [1.807, 2.05) is 68.6 Å². The second kappa shape index (κ2) is 7.07. The van der Waals surface area contributed by atoms with E-state index in [9.17, 15) is 9.59 Å². The Morgan fingerprint density at radius 3 is 2.61 bits per heavy atom. The zero-order valence-electron chi connectivity index (χ0n) is 17.5. The minimum atomic E-state index is -1.05. The molecule has 4 heterocycles. The molecule has 1 amide bonds. The van der Waals surface area contributed by atoms with Gasteiger partial charge in [-0.2, -0.15) is 0 Å². The monoisotopic (exact) mass is 436 g/mol. The lowest BCUT2D eigenvalue weighted by Crippen LogP contribution is -2.44. The fourth-order valence-electron chi connectivity index (χ4n) is 4.93. The van der Waals surface area contributed by atoms with Crippen molar-refractivity contribution in [1.29, 1.82) is 0 Å². The first-order valence-corrected chi connectivity index (χ1v) is 11.2. The summed E-state index contributed by atoms with van der Waals surface area (Å²) in [5.74, 6) is -0.543. The first-order chi connectivity index (χ1) is 14.8. The van der Waals surface area contributed by atoms with Crippen molar-refractivity contribution in [2.75, 3.05) is 5.32 Å². The molecule has 1 spiro atoms. The molecule has 0 aliphatic carbocycles. The predicted molar refractivity (Wildman–Crippen MR) is 118 cm³/mol. The van der Waals surface area contributed by atoms with Gasteiger partial charge in [0.25, 0.3) is 0 Å². The van der Waals surface area contributed by atoms with Crippen LogP contribution in [0.1, 0.15) is 48.9 Å². The van der Waals surface area contributed by atoms with Crippen molar-refractivity contribution in [2.45, 2.75) is 49.8 Å². The van der Waals surface area contributed by atoms with Crippen LogP contribution in [-0.4, -0.2) is 23.5 Å². The Kier molecular flexibility index (Phi) is 4.57. The standard InChI is InChI=1S/C24H24N2O4S/c1-23(2,3)30-21(27)19-18(16-10-6-12-29-16)24(20(26-19)17-11-7-13-31-17)14-8-4-5-9-15(14)25-22(24)28/h4-13,18-20,26H,1-3H3,(H,25,28)/t18-,19+,20-,24-/m1/s1. The molecule has 0 radical (unpaired) electrons. The van der Waals surface area contributed by atoms with Crippen LogP contribution in [0.3, 0.4) is 0 Å². The van der Waals surface area contributed by atoms with Crippen LogP contribution in [0.25, 0.3) is 0 Å². The van der Waals surface area contributed by atoms with E-state index in [4.69, 9.17) is 9.15 Å². The second-order valence-corrected chi connectivity index (χ2v) is 9.97. The second-order valence-electron chi connectivity index (χ2n) is 8.99. The summed E-state index contributed by atoms with van der Waals surface area (Å²) in [6.07, 6.45) is 1.58. The molecule has 7 heteroatoms. The smallest absolute Gasteiger partial charge is 0.324 e. The van der Waals surface area contributed by atoms with Crippen molar-refractivity contribution < 1.29 is 18.7 Å². The number of hydrogen-bond acceptors (Lipinski definition) is 6. The van der Waals surface area contributed by atoms with Crippen LogP contribution >= 0.6 is 11.3 Å². The summed E-state index contributed by atoms with van der Waals surface area (Å²) in [6, 6.07) is 14.1. The number of esters is 1. The number of hydrogen-bond donors (Lipinski definition) is 2. The molecule has 2 N–H and O–H groups in total. The third-order valence-corrected chi connectivity index (χ3v) is 6.90. The van der Waals surface area contributed by atoms with Crippen LogP contribution in [-0.2, 0) is 19.7 Å². The van der Waals surface area contributed by atoms with Gasteiger partial charge in [-0.1, -0.05) is 24.3 Å². The van der Waals surface area contributed by atoms with Gasteiger partial charge in [0, 0.05) is 10.6 Å². The minimum absolute atomic E-state index is 0.146. The zero-order chi connectivity index (χ0) is 21.8. The highest BCUT2D eigenvalue weighted by atomic mass is 32.1. The van der Waals surface area contributed by atoms with Crippen LogP contribution in [0.2, 0.25) is 0 Å². The van der Waals surface area contributed by atoms with Crippen LogP contribution in [0, 0.1) is 0 Å². The average Bonchev–Trinajstić information content (AvgIpc) is 3.48. The van der Waals surface area contributed by atoms with Gasteiger partial charge in [0.15, 0.2) is 0 Å². The maximum absolute atomic E-state index is 13.8. The maximum Gasteiger partial charge on any atom is 0.324 e. The normalized spacial score (nSPS) is 27.3. The zero-order valence-corrected chi connectivity index (χ0v) is 18.4. The third kappa shape index (κ3) is 3.03. The van der Waals surface area contributed by atoms with Gasteiger partial charge in [0.2, 0.25) is 5.91 Å². The fourth-order valence-corrected chi connectivity index (χ4v) is 5.80. The molecule has 1 saturated heterocycles. The topological polar surface area (TPSA) is 80.6 Å². The number of furan rings is 1. The van der Waals surface area contributed by atoms with Crippen LogP contribution in [0.5, 0.6) is 0 Å². The highest BCUT2D eigenvalue weighted by Gasteiger charge is 2.67. The maximum atomic E-state index is 13.8. The summed E-state index contributed by atoms with van der Waals surface area (Å²) < 4.78 is 11.6. The van der Waals surface area contributed by atoms with Crippen molar-refractivity contribution in [3.8, 4) is 0 Å². The lowest BCUT2D eigenvalue weighted by atomic mass is 9.66. The molecule has 0 unspecified atom stereocenters. The van der Waals surface area contributed by atoms with Crippen LogP contribution in [0.15, 0.2) is 64.6 Å². The molecule has 2 aliphatic rings. The van der Waals surface area contributed by atoms with E-state index in [0.29, 0.717) is 5.76 Å². The van der Waals surface area contributed by atoms with Crippen molar-refractivity contribution in [2.24, 2.45) is 0 Å². The third-order valence-electron chi connectivity index (χ3n) is 5.96. The number of thiophene rings is 1. The lowest BCUT2D eigenvalue weighted by Gasteiger charge is -2.33. The van der Waals surface area contributed by atoms with Gasteiger partial charge < -0.3 is 14.5 Å². The number of carbonyl (C=O) groups excluding carboxylic acids is 2. The van der Waals surface area contributed by atoms with Crippen molar-refractivity contribution in [3.05, 3.63) is 76.4 Å². The molecule has 2 aliphatic heterocycles. The Morgan fingerprint density at radius 2 is 1.94 bits per heavy atom. The van der Waals surface area contributed by atoms with E-state index < -0.39 is 35.0 Å².